The van der Waals surface area contributed by atoms with E-state index in [9.17, 15) is 4.79 Å². The molecule has 1 saturated heterocycles. The molecule has 3 fully saturated rings. The molecule has 6 nitrogen and oxygen atoms in total. The summed E-state index contributed by atoms with van der Waals surface area (Å²) in [4.78, 5) is 19.7. The Morgan fingerprint density at radius 2 is 2.08 bits per heavy atom. The number of aromatic nitrogens is 1. The molecule has 0 spiro atoms. The van der Waals surface area contributed by atoms with Crippen LogP contribution in [0.1, 0.15) is 57.1 Å². The first kappa shape index (κ1) is 17.7. The predicted molar refractivity (Wildman–Crippen MR) is 101 cm³/mol. The largest absolute Gasteiger partial charge is 0.335 e. The lowest BCUT2D eigenvalue weighted by atomic mass is 9.83. The Bertz CT molecular complexity index is 589. The van der Waals surface area contributed by atoms with Crippen molar-refractivity contribution in [3.05, 3.63) is 30.1 Å². The highest BCUT2D eigenvalue weighted by atomic mass is 16.2. The standard InChI is InChI=1S/C20H31N5O/c26-20(23-16-9-10-19-15(12-16)13-22-24-19)25(18-7-2-1-3-8-18)14-17-6-4-5-11-21-17/h4-6,11,15-16,18-19,22,24H,1-3,7-10,12-14H2,(H,23,26). The van der Waals surface area contributed by atoms with Crippen LogP contribution in [0.4, 0.5) is 4.79 Å². The van der Waals surface area contributed by atoms with Gasteiger partial charge < -0.3 is 10.2 Å². The Morgan fingerprint density at radius 1 is 1.19 bits per heavy atom. The third-order valence-corrected chi connectivity index (χ3v) is 6.30. The first-order valence-corrected chi connectivity index (χ1v) is 10.2. The van der Waals surface area contributed by atoms with Crippen LogP contribution in [-0.2, 0) is 6.54 Å². The molecule has 1 aromatic rings. The zero-order valence-corrected chi connectivity index (χ0v) is 15.5. The number of carbonyl (C=O) groups is 1. The highest BCUT2D eigenvalue weighted by Gasteiger charge is 2.35. The number of urea groups is 1. The van der Waals surface area contributed by atoms with Crippen LogP contribution < -0.4 is 16.2 Å². The Balaban J connectivity index is 1.41. The lowest BCUT2D eigenvalue weighted by Gasteiger charge is -2.37. The number of amides is 2. The summed E-state index contributed by atoms with van der Waals surface area (Å²) < 4.78 is 0. The number of hydrogen-bond acceptors (Lipinski definition) is 4. The molecule has 1 aromatic heterocycles. The van der Waals surface area contributed by atoms with Crippen molar-refractivity contribution in [1.82, 2.24) is 26.1 Å². The molecule has 0 aromatic carbocycles. The van der Waals surface area contributed by atoms with E-state index in [4.69, 9.17) is 0 Å². The van der Waals surface area contributed by atoms with Crippen LogP contribution in [0.3, 0.4) is 0 Å². The molecule has 2 saturated carbocycles. The molecular formula is C20H31N5O. The normalized spacial score (nSPS) is 29.2. The van der Waals surface area contributed by atoms with Crippen LogP contribution >= 0.6 is 0 Å². The number of hydrogen-bond donors (Lipinski definition) is 3. The summed E-state index contributed by atoms with van der Waals surface area (Å²) in [6, 6.07) is 7.26. The van der Waals surface area contributed by atoms with Crippen LogP contribution in [0.25, 0.3) is 0 Å². The SMILES string of the molecule is O=C(NC1CCC2NNCC2C1)N(Cc1ccccn1)C1CCCCC1. The maximum absolute atomic E-state index is 13.2. The van der Waals surface area contributed by atoms with Crippen molar-refractivity contribution in [3.8, 4) is 0 Å². The van der Waals surface area contributed by atoms with Gasteiger partial charge in [0.25, 0.3) is 0 Å². The van der Waals surface area contributed by atoms with Gasteiger partial charge in [0.15, 0.2) is 0 Å². The molecule has 0 bridgehead atoms. The molecule has 142 valence electrons. The van der Waals surface area contributed by atoms with Gasteiger partial charge in [-0.05, 0) is 50.2 Å². The van der Waals surface area contributed by atoms with Crippen molar-refractivity contribution < 1.29 is 4.79 Å². The second-order valence-corrected chi connectivity index (χ2v) is 8.09. The minimum atomic E-state index is 0.102. The van der Waals surface area contributed by atoms with Crippen molar-refractivity contribution in [2.45, 2.75) is 76.0 Å². The molecule has 26 heavy (non-hydrogen) atoms. The smallest absolute Gasteiger partial charge is 0.318 e. The summed E-state index contributed by atoms with van der Waals surface area (Å²) >= 11 is 0. The third kappa shape index (κ3) is 4.18. The summed E-state index contributed by atoms with van der Waals surface area (Å²) in [7, 11) is 0. The Hall–Kier alpha value is -1.66. The number of nitrogens with one attached hydrogen (secondary N) is 3. The van der Waals surface area contributed by atoms with Crippen LogP contribution in [0.5, 0.6) is 0 Å². The fourth-order valence-corrected chi connectivity index (χ4v) is 4.81. The van der Waals surface area contributed by atoms with Crippen molar-refractivity contribution in [2.75, 3.05) is 6.54 Å². The highest BCUT2D eigenvalue weighted by molar-refractivity contribution is 5.75. The number of hydrazine groups is 1. The Labute approximate surface area is 156 Å². The number of rotatable bonds is 4. The summed E-state index contributed by atoms with van der Waals surface area (Å²) in [6.07, 6.45) is 11.0. The number of nitrogens with zero attached hydrogens (tertiary/aromatic N) is 2. The maximum Gasteiger partial charge on any atom is 0.318 e. The molecule has 0 radical (unpaired) electrons. The molecule has 1 aliphatic heterocycles. The van der Waals surface area contributed by atoms with Crippen molar-refractivity contribution in [3.63, 3.8) is 0 Å². The first-order valence-electron chi connectivity index (χ1n) is 10.2. The van der Waals surface area contributed by atoms with E-state index < -0.39 is 0 Å². The molecule has 2 amide bonds. The van der Waals surface area contributed by atoms with E-state index in [1.165, 1.54) is 19.3 Å². The van der Waals surface area contributed by atoms with Gasteiger partial charge in [-0.15, -0.1) is 0 Å². The van der Waals surface area contributed by atoms with Gasteiger partial charge in [-0.1, -0.05) is 25.3 Å². The van der Waals surface area contributed by atoms with E-state index in [0.717, 1.165) is 44.3 Å². The van der Waals surface area contributed by atoms with Gasteiger partial charge in [0, 0.05) is 30.9 Å². The van der Waals surface area contributed by atoms with E-state index in [1.54, 1.807) is 0 Å². The minimum absolute atomic E-state index is 0.102. The zero-order chi connectivity index (χ0) is 17.8. The quantitative estimate of drug-likeness (QED) is 0.775. The molecule has 4 rings (SSSR count). The van der Waals surface area contributed by atoms with Crippen molar-refractivity contribution in [2.24, 2.45) is 5.92 Å². The lowest BCUT2D eigenvalue weighted by molar-refractivity contribution is 0.142. The van der Waals surface area contributed by atoms with E-state index in [1.807, 2.05) is 24.4 Å². The average Bonchev–Trinajstić information content (AvgIpc) is 3.15. The van der Waals surface area contributed by atoms with Gasteiger partial charge in [-0.25, -0.2) is 4.79 Å². The fraction of sp³-hybridized carbons (Fsp3) is 0.700. The Morgan fingerprint density at radius 3 is 2.88 bits per heavy atom. The van der Waals surface area contributed by atoms with Crippen LogP contribution in [-0.4, -0.2) is 40.6 Å². The Kier molecular flexibility index (Phi) is 5.70. The maximum atomic E-state index is 13.2. The predicted octanol–water partition coefficient (Wildman–Crippen LogP) is 2.57. The number of fused-ring (bicyclic) bond motifs is 1. The highest BCUT2D eigenvalue weighted by Crippen LogP contribution is 2.28. The molecule has 2 aliphatic carbocycles. The van der Waals surface area contributed by atoms with Crippen LogP contribution in [0.2, 0.25) is 0 Å². The molecule has 6 heteroatoms. The van der Waals surface area contributed by atoms with Gasteiger partial charge in [-0.2, -0.15) is 0 Å². The molecule has 2 heterocycles. The summed E-state index contributed by atoms with van der Waals surface area (Å²) in [5, 5.41) is 3.35. The van der Waals surface area contributed by atoms with E-state index >= 15 is 0 Å². The van der Waals surface area contributed by atoms with E-state index in [-0.39, 0.29) is 6.03 Å². The number of carbonyl (C=O) groups excluding carboxylic acids is 1. The zero-order valence-electron chi connectivity index (χ0n) is 15.5. The van der Waals surface area contributed by atoms with Gasteiger partial charge in [0.05, 0.1) is 12.2 Å². The average molecular weight is 358 g/mol. The molecule has 3 atom stereocenters. The van der Waals surface area contributed by atoms with Crippen LogP contribution in [0, 0.1) is 5.92 Å². The second kappa shape index (κ2) is 8.35. The van der Waals surface area contributed by atoms with Gasteiger partial charge in [-0.3, -0.25) is 15.8 Å². The molecule has 3 aliphatic rings. The fourth-order valence-electron chi connectivity index (χ4n) is 4.81. The molecular weight excluding hydrogens is 326 g/mol. The molecule has 3 N–H and O–H groups in total. The third-order valence-electron chi connectivity index (χ3n) is 6.30. The first-order chi connectivity index (χ1) is 12.8. The van der Waals surface area contributed by atoms with Gasteiger partial charge in [0.1, 0.15) is 0 Å². The van der Waals surface area contributed by atoms with E-state index in [2.05, 4.69) is 26.1 Å². The second-order valence-electron chi connectivity index (χ2n) is 8.09. The van der Waals surface area contributed by atoms with Crippen molar-refractivity contribution >= 4 is 6.03 Å². The van der Waals surface area contributed by atoms with Crippen LogP contribution in [0.15, 0.2) is 24.4 Å². The monoisotopic (exact) mass is 357 g/mol. The summed E-state index contributed by atoms with van der Waals surface area (Å²) in [6.45, 7) is 1.62. The minimum Gasteiger partial charge on any atom is -0.335 e. The van der Waals surface area contributed by atoms with Gasteiger partial charge >= 0.3 is 6.03 Å². The lowest BCUT2D eigenvalue weighted by Crippen LogP contribution is -2.51. The van der Waals surface area contributed by atoms with Crippen molar-refractivity contribution in [1.29, 1.82) is 0 Å². The number of pyridine rings is 1. The van der Waals surface area contributed by atoms with E-state index in [0.29, 0.717) is 30.6 Å². The summed E-state index contributed by atoms with van der Waals surface area (Å²) in [5.41, 5.74) is 7.60. The van der Waals surface area contributed by atoms with Gasteiger partial charge in [0.2, 0.25) is 0 Å². The summed E-state index contributed by atoms with van der Waals surface area (Å²) in [5.74, 6) is 0.632. The topological polar surface area (TPSA) is 69.3 Å². The molecule has 3 unspecified atom stereocenters.